The van der Waals surface area contributed by atoms with Crippen LogP contribution in [0.5, 0.6) is 5.75 Å². The molecule has 1 aliphatic heterocycles. The Kier molecular flexibility index (Phi) is 3.97. The number of fused-ring (bicyclic) bond motifs is 1. The average molecular weight is 338 g/mol. The molecule has 4 rings (SSSR count). The summed E-state index contributed by atoms with van der Waals surface area (Å²) in [5.74, 6) is 1.33. The van der Waals surface area contributed by atoms with E-state index in [2.05, 4.69) is 15.3 Å². The van der Waals surface area contributed by atoms with Crippen molar-refractivity contribution in [3.05, 3.63) is 48.6 Å². The molecule has 1 atom stereocenters. The highest BCUT2D eigenvalue weighted by Crippen LogP contribution is 2.22. The topological polar surface area (TPSA) is 80.5 Å². The van der Waals surface area contributed by atoms with E-state index in [1.807, 2.05) is 24.3 Å². The molecule has 1 aromatic carbocycles. The highest BCUT2D eigenvalue weighted by molar-refractivity contribution is 5.91. The Labute approximate surface area is 144 Å². The van der Waals surface area contributed by atoms with E-state index < -0.39 is 0 Å². The molecule has 1 saturated heterocycles. The quantitative estimate of drug-likeness (QED) is 0.793. The van der Waals surface area contributed by atoms with Crippen molar-refractivity contribution < 1.29 is 13.9 Å². The van der Waals surface area contributed by atoms with Crippen molar-refractivity contribution in [1.29, 1.82) is 0 Å². The summed E-state index contributed by atoms with van der Waals surface area (Å²) in [4.78, 5) is 22.5. The molecule has 1 N–H and O–H groups in total. The van der Waals surface area contributed by atoms with Crippen LogP contribution < -0.4 is 10.1 Å². The van der Waals surface area contributed by atoms with Crippen molar-refractivity contribution in [3.63, 3.8) is 0 Å². The maximum absolute atomic E-state index is 12.5. The van der Waals surface area contributed by atoms with Crippen LogP contribution in [0.2, 0.25) is 0 Å². The number of ether oxygens (including phenoxy) is 1. The van der Waals surface area contributed by atoms with Gasteiger partial charge in [0.25, 0.3) is 0 Å². The average Bonchev–Trinajstić information content (AvgIpc) is 3.21. The number of carbonyl (C=O) groups is 1. The smallest absolute Gasteiger partial charge is 0.321 e. The van der Waals surface area contributed by atoms with Gasteiger partial charge in [-0.05, 0) is 24.3 Å². The molecule has 0 bridgehead atoms. The third-order valence-corrected chi connectivity index (χ3v) is 4.12. The Bertz CT molecular complexity index is 894. The number of amides is 2. The van der Waals surface area contributed by atoms with Gasteiger partial charge in [0.15, 0.2) is 11.5 Å². The van der Waals surface area contributed by atoms with Crippen molar-refractivity contribution in [1.82, 2.24) is 14.9 Å². The molecule has 2 aromatic heterocycles. The van der Waals surface area contributed by atoms with Gasteiger partial charge < -0.3 is 19.4 Å². The van der Waals surface area contributed by atoms with Crippen molar-refractivity contribution in [2.24, 2.45) is 0 Å². The lowest BCUT2D eigenvalue weighted by molar-refractivity contribution is 0.194. The largest absolute Gasteiger partial charge is 0.487 e. The van der Waals surface area contributed by atoms with Crippen molar-refractivity contribution in [2.45, 2.75) is 19.4 Å². The van der Waals surface area contributed by atoms with Crippen LogP contribution in [0.3, 0.4) is 0 Å². The summed E-state index contributed by atoms with van der Waals surface area (Å²) in [6.45, 7) is 3.00. The van der Waals surface area contributed by atoms with E-state index in [0.717, 1.165) is 17.7 Å². The molecule has 0 unspecified atom stereocenters. The molecular formula is C18H18N4O3. The summed E-state index contributed by atoms with van der Waals surface area (Å²) in [5, 5.41) is 2.90. The minimum Gasteiger partial charge on any atom is -0.487 e. The van der Waals surface area contributed by atoms with E-state index in [4.69, 9.17) is 9.15 Å². The number of aromatic nitrogens is 2. The second-order valence-corrected chi connectivity index (χ2v) is 6.01. The summed E-state index contributed by atoms with van der Waals surface area (Å²) >= 11 is 0. The predicted octanol–water partition coefficient (Wildman–Crippen LogP) is 3.22. The third-order valence-electron chi connectivity index (χ3n) is 4.12. The van der Waals surface area contributed by atoms with Crippen LogP contribution in [0.15, 0.2) is 47.1 Å². The fourth-order valence-electron chi connectivity index (χ4n) is 2.94. The number of anilines is 1. The zero-order valence-electron chi connectivity index (χ0n) is 13.8. The van der Waals surface area contributed by atoms with E-state index in [9.17, 15) is 4.79 Å². The van der Waals surface area contributed by atoms with E-state index >= 15 is 0 Å². The zero-order chi connectivity index (χ0) is 17.2. The highest BCUT2D eigenvalue weighted by Gasteiger charge is 2.27. The fraction of sp³-hybridized carbons (Fsp3) is 0.278. The molecule has 7 nitrogen and oxygen atoms in total. The fourth-order valence-corrected chi connectivity index (χ4v) is 2.94. The van der Waals surface area contributed by atoms with Crippen LogP contribution in [0.4, 0.5) is 10.5 Å². The van der Waals surface area contributed by atoms with Crippen LogP contribution in [-0.2, 0) is 0 Å². The molecular weight excluding hydrogens is 320 g/mol. The number of pyridine rings is 1. The molecule has 7 heteroatoms. The van der Waals surface area contributed by atoms with Crippen molar-refractivity contribution >= 4 is 22.8 Å². The Morgan fingerprint density at radius 3 is 3.16 bits per heavy atom. The lowest BCUT2D eigenvalue weighted by atomic mass is 10.3. The number of benzene rings is 1. The first-order valence-corrected chi connectivity index (χ1v) is 8.17. The monoisotopic (exact) mass is 338 g/mol. The minimum atomic E-state index is -0.145. The summed E-state index contributed by atoms with van der Waals surface area (Å²) in [7, 11) is 0. The number of nitrogens with one attached hydrogen (secondary N) is 1. The van der Waals surface area contributed by atoms with Gasteiger partial charge in [0.05, 0.1) is 12.7 Å². The van der Waals surface area contributed by atoms with E-state index in [1.54, 1.807) is 30.3 Å². The molecule has 3 aromatic rings. The first kappa shape index (κ1) is 15.4. The van der Waals surface area contributed by atoms with Gasteiger partial charge in [0.2, 0.25) is 0 Å². The molecule has 0 radical (unpaired) electrons. The Balaban J connectivity index is 1.37. The van der Waals surface area contributed by atoms with Crippen molar-refractivity contribution in [2.75, 3.05) is 18.4 Å². The molecule has 0 saturated carbocycles. The summed E-state index contributed by atoms with van der Waals surface area (Å²) in [6, 6.07) is 8.99. The molecule has 1 aliphatic rings. The van der Waals surface area contributed by atoms with E-state index in [1.165, 1.54) is 0 Å². The number of urea groups is 1. The molecule has 0 aliphatic carbocycles. The van der Waals surface area contributed by atoms with Gasteiger partial charge in [0, 0.05) is 37.8 Å². The maximum atomic E-state index is 12.5. The minimum absolute atomic E-state index is 0.0191. The number of hydrogen-bond donors (Lipinski definition) is 1. The van der Waals surface area contributed by atoms with Gasteiger partial charge >= 0.3 is 6.03 Å². The Hall–Kier alpha value is -3.09. The second-order valence-electron chi connectivity index (χ2n) is 6.01. The summed E-state index contributed by atoms with van der Waals surface area (Å²) in [5.41, 5.74) is 2.13. The van der Waals surface area contributed by atoms with E-state index in [0.29, 0.717) is 30.3 Å². The molecule has 25 heavy (non-hydrogen) atoms. The lowest BCUT2D eigenvalue weighted by Gasteiger charge is -2.18. The second kappa shape index (κ2) is 6.43. The Morgan fingerprint density at radius 1 is 1.40 bits per heavy atom. The molecule has 2 amide bonds. The number of oxazole rings is 1. The van der Waals surface area contributed by atoms with Crippen LogP contribution in [0, 0.1) is 6.92 Å². The first-order chi connectivity index (χ1) is 12.2. The number of hydrogen-bond acceptors (Lipinski definition) is 5. The van der Waals surface area contributed by atoms with Gasteiger partial charge in [-0.25, -0.2) is 9.78 Å². The highest BCUT2D eigenvalue weighted by atomic mass is 16.5. The Morgan fingerprint density at radius 2 is 2.32 bits per heavy atom. The standard InChI is InChI=1S/C18H18N4O3/c1-12-20-16-5-4-13(9-17(16)24-12)21-18(23)22-8-6-15(11-22)25-14-3-2-7-19-10-14/h2-5,7,9-10,15H,6,8,11H2,1H3,(H,21,23)/t15-/m1/s1. The number of likely N-dealkylation sites (tertiary alicyclic amines) is 1. The number of rotatable bonds is 3. The molecule has 1 fully saturated rings. The van der Waals surface area contributed by atoms with Crippen molar-refractivity contribution in [3.8, 4) is 5.75 Å². The van der Waals surface area contributed by atoms with Gasteiger partial charge in [-0.15, -0.1) is 0 Å². The predicted molar refractivity (Wildman–Crippen MR) is 92.6 cm³/mol. The molecule has 0 spiro atoms. The number of nitrogens with zero attached hydrogens (tertiary/aromatic N) is 3. The maximum Gasteiger partial charge on any atom is 0.321 e. The van der Waals surface area contributed by atoms with Gasteiger partial charge in [0.1, 0.15) is 17.4 Å². The van der Waals surface area contributed by atoms with Crippen LogP contribution in [0.1, 0.15) is 12.3 Å². The van der Waals surface area contributed by atoms with Gasteiger partial charge in [-0.2, -0.15) is 0 Å². The third kappa shape index (κ3) is 3.40. The zero-order valence-corrected chi connectivity index (χ0v) is 13.8. The summed E-state index contributed by atoms with van der Waals surface area (Å²) < 4.78 is 11.4. The van der Waals surface area contributed by atoms with Crippen LogP contribution in [0.25, 0.3) is 11.1 Å². The summed E-state index contributed by atoms with van der Waals surface area (Å²) in [6.07, 6.45) is 4.16. The number of aryl methyl sites for hydroxylation is 1. The van der Waals surface area contributed by atoms with Crippen LogP contribution >= 0.6 is 0 Å². The lowest BCUT2D eigenvalue weighted by Crippen LogP contribution is -2.34. The van der Waals surface area contributed by atoms with Gasteiger partial charge in [-0.1, -0.05) is 0 Å². The number of carbonyl (C=O) groups excluding carboxylic acids is 1. The molecule has 3 heterocycles. The molecule has 128 valence electrons. The van der Waals surface area contributed by atoms with E-state index in [-0.39, 0.29) is 12.1 Å². The van der Waals surface area contributed by atoms with Crippen LogP contribution in [-0.4, -0.2) is 40.1 Å². The normalized spacial score (nSPS) is 17.0. The van der Waals surface area contributed by atoms with Gasteiger partial charge in [-0.3, -0.25) is 4.98 Å². The first-order valence-electron chi connectivity index (χ1n) is 8.17. The SMILES string of the molecule is Cc1nc2ccc(NC(=O)N3CC[C@@H](Oc4cccnc4)C3)cc2o1.